The van der Waals surface area contributed by atoms with Gasteiger partial charge in [0.05, 0.1) is 0 Å². The predicted octanol–water partition coefficient (Wildman–Crippen LogP) is 2.92. The van der Waals surface area contributed by atoms with Gasteiger partial charge in [0.25, 0.3) is 0 Å². The second-order valence-corrected chi connectivity index (χ2v) is 3.83. The molecule has 0 aliphatic carbocycles. The van der Waals surface area contributed by atoms with Gasteiger partial charge in [-0.3, -0.25) is 0 Å². The Morgan fingerprint density at radius 1 is 1.50 bits per heavy atom. The predicted molar refractivity (Wildman–Crippen MR) is 51.4 cm³/mol. The average molecular weight is 232 g/mol. The van der Waals surface area contributed by atoms with Crippen LogP contribution in [-0.4, -0.2) is 0 Å². The lowest BCUT2D eigenvalue weighted by Gasteiger charge is -2.09. The highest BCUT2D eigenvalue weighted by Gasteiger charge is 2.09. The first-order valence-electron chi connectivity index (χ1n) is 3.73. The van der Waals surface area contributed by atoms with Crippen LogP contribution < -0.4 is 5.73 Å². The highest BCUT2D eigenvalue weighted by atomic mass is 79.9. The molecule has 0 aliphatic rings. The quantitative estimate of drug-likeness (QED) is 0.791. The van der Waals surface area contributed by atoms with Crippen LogP contribution in [-0.2, 0) is 0 Å². The molecule has 2 N–H and O–H groups in total. The maximum atomic E-state index is 13.3. The van der Waals surface area contributed by atoms with E-state index >= 15 is 0 Å². The van der Waals surface area contributed by atoms with Crippen LogP contribution in [0.3, 0.4) is 0 Å². The molecule has 12 heavy (non-hydrogen) atoms. The van der Waals surface area contributed by atoms with Crippen LogP contribution in [0.25, 0.3) is 0 Å². The molecule has 0 radical (unpaired) electrons. The molecule has 0 unspecified atom stereocenters. The molecule has 0 saturated carbocycles. The number of hydrogen-bond donors (Lipinski definition) is 1. The van der Waals surface area contributed by atoms with Gasteiger partial charge in [-0.05, 0) is 31.5 Å². The molecule has 0 heterocycles. The Morgan fingerprint density at radius 3 is 2.58 bits per heavy atom. The highest BCUT2D eigenvalue weighted by Crippen LogP contribution is 2.23. The van der Waals surface area contributed by atoms with Gasteiger partial charge in [-0.2, -0.15) is 0 Å². The Labute approximate surface area is 79.9 Å². The third kappa shape index (κ3) is 1.84. The zero-order chi connectivity index (χ0) is 9.30. The normalized spacial score (nSPS) is 13.1. The molecule has 1 nitrogen and oxygen atoms in total. The number of hydrogen-bond acceptors (Lipinski definition) is 1. The Bertz CT molecular complexity index is 297. The summed E-state index contributed by atoms with van der Waals surface area (Å²) in [6, 6.07) is 3.19. The molecule has 0 aromatic heterocycles. The van der Waals surface area contributed by atoms with Gasteiger partial charge in [0.15, 0.2) is 0 Å². The minimum Gasteiger partial charge on any atom is -0.324 e. The fourth-order valence-corrected chi connectivity index (χ4v) is 1.67. The molecule has 0 aliphatic heterocycles. The fraction of sp³-hybridized carbons (Fsp3) is 0.333. The summed E-state index contributed by atoms with van der Waals surface area (Å²) >= 11 is 3.29. The van der Waals surface area contributed by atoms with E-state index < -0.39 is 0 Å². The number of benzene rings is 1. The molecule has 3 heteroatoms. The van der Waals surface area contributed by atoms with Gasteiger partial charge in [0.2, 0.25) is 0 Å². The summed E-state index contributed by atoms with van der Waals surface area (Å²) in [5, 5.41) is 0. The van der Waals surface area contributed by atoms with Crippen molar-refractivity contribution in [2.45, 2.75) is 19.9 Å². The summed E-state index contributed by atoms with van der Waals surface area (Å²) in [6.45, 7) is 3.50. The van der Waals surface area contributed by atoms with Gasteiger partial charge in [-0.15, -0.1) is 0 Å². The van der Waals surface area contributed by atoms with E-state index in [9.17, 15) is 4.39 Å². The van der Waals surface area contributed by atoms with Gasteiger partial charge < -0.3 is 5.73 Å². The number of nitrogens with two attached hydrogens (primary N) is 1. The summed E-state index contributed by atoms with van der Waals surface area (Å²) in [5.74, 6) is -0.201. The van der Waals surface area contributed by atoms with E-state index in [-0.39, 0.29) is 11.9 Å². The van der Waals surface area contributed by atoms with Crippen LogP contribution in [0.15, 0.2) is 16.6 Å². The number of halogens is 2. The van der Waals surface area contributed by atoms with Crippen molar-refractivity contribution in [3.05, 3.63) is 33.5 Å². The van der Waals surface area contributed by atoms with Gasteiger partial charge in [0.1, 0.15) is 5.82 Å². The second kappa shape index (κ2) is 3.54. The number of aryl methyl sites for hydroxylation is 1. The lowest BCUT2D eigenvalue weighted by Crippen LogP contribution is -2.08. The molecular formula is C9H11BrFN. The topological polar surface area (TPSA) is 26.0 Å². The molecule has 1 rings (SSSR count). The first-order valence-corrected chi connectivity index (χ1v) is 4.53. The van der Waals surface area contributed by atoms with Crippen molar-refractivity contribution in [3.8, 4) is 0 Å². The van der Waals surface area contributed by atoms with Crippen LogP contribution >= 0.6 is 15.9 Å². The summed E-state index contributed by atoms with van der Waals surface area (Å²) in [5.41, 5.74) is 6.77. The lowest BCUT2D eigenvalue weighted by atomic mass is 10.1. The summed E-state index contributed by atoms with van der Waals surface area (Å²) in [4.78, 5) is 0. The standard InChI is InChI=1S/C9H11BrFN/c1-5-3-7(10)4-8(6(2)12)9(5)11/h3-4,6H,12H2,1-2H3/t6-/m1/s1. The third-order valence-corrected chi connectivity index (χ3v) is 2.20. The van der Waals surface area contributed by atoms with Crippen molar-refractivity contribution in [1.29, 1.82) is 0 Å². The Balaban J connectivity index is 3.28. The van der Waals surface area contributed by atoms with E-state index in [0.29, 0.717) is 11.1 Å². The first-order chi connectivity index (χ1) is 5.52. The SMILES string of the molecule is Cc1cc(Br)cc([C@@H](C)N)c1F. The smallest absolute Gasteiger partial charge is 0.130 e. The summed E-state index contributed by atoms with van der Waals surface area (Å²) in [6.07, 6.45) is 0. The van der Waals surface area contributed by atoms with Crippen LogP contribution in [0.2, 0.25) is 0 Å². The molecule has 66 valence electrons. The zero-order valence-electron chi connectivity index (χ0n) is 7.07. The fourth-order valence-electron chi connectivity index (χ4n) is 1.08. The van der Waals surface area contributed by atoms with Crippen molar-refractivity contribution < 1.29 is 4.39 Å². The largest absolute Gasteiger partial charge is 0.324 e. The van der Waals surface area contributed by atoms with Gasteiger partial charge in [-0.25, -0.2) is 4.39 Å². The molecule has 1 atom stereocenters. The lowest BCUT2D eigenvalue weighted by molar-refractivity contribution is 0.585. The molecule has 1 aromatic rings. The van der Waals surface area contributed by atoms with Crippen molar-refractivity contribution in [2.24, 2.45) is 5.73 Å². The van der Waals surface area contributed by atoms with E-state index in [1.807, 2.05) is 0 Å². The van der Waals surface area contributed by atoms with Crippen molar-refractivity contribution in [1.82, 2.24) is 0 Å². The van der Waals surface area contributed by atoms with Crippen molar-refractivity contribution >= 4 is 15.9 Å². The van der Waals surface area contributed by atoms with Crippen molar-refractivity contribution in [3.63, 3.8) is 0 Å². The maximum Gasteiger partial charge on any atom is 0.130 e. The second-order valence-electron chi connectivity index (χ2n) is 2.91. The van der Waals surface area contributed by atoms with Crippen molar-refractivity contribution in [2.75, 3.05) is 0 Å². The van der Waals surface area contributed by atoms with Gasteiger partial charge >= 0.3 is 0 Å². The van der Waals surface area contributed by atoms with Crippen LogP contribution in [0.5, 0.6) is 0 Å². The molecule has 1 aromatic carbocycles. The monoisotopic (exact) mass is 231 g/mol. The molecule has 0 amide bonds. The zero-order valence-corrected chi connectivity index (χ0v) is 8.65. The van der Waals surface area contributed by atoms with E-state index in [1.165, 1.54) is 0 Å². The third-order valence-electron chi connectivity index (χ3n) is 1.74. The summed E-state index contributed by atoms with van der Waals surface area (Å²) < 4.78 is 14.2. The average Bonchev–Trinajstić information content (AvgIpc) is 1.96. The highest BCUT2D eigenvalue weighted by molar-refractivity contribution is 9.10. The number of rotatable bonds is 1. The Morgan fingerprint density at radius 2 is 2.08 bits per heavy atom. The molecule has 0 saturated heterocycles. The minimum atomic E-state index is -0.263. The van der Waals surface area contributed by atoms with Crippen LogP contribution in [0.4, 0.5) is 4.39 Å². The van der Waals surface area contributed by atoms with Crippen LogP contribution in [0.1, 0.15) is 24.1 Å². The molecule has 0 fully saturated rings. The van der Waals surface area contributed by atoms with Gasteiger partial charge in [-0.1, -0.05) is 15.9 Å². The van der Waals surface area contributed by atoms with E-state index in [0.717, 1.165) is 4.47 Å². The van der Waals surface area contributed by atoms with Gasteiger partial charge in [0, 0.05) is 16.1 Å². The minimum absolute atomic E-state index is 0.201. The van der Waals surface area contributed by atoms with E-state index in [1.54, 1.807) is 26.0 Å². The molecular weight excluding hydrogens is 221 g/mol. The van der Waals surface area contributed by atoms with E-state index in [2.05, 4.69) is 15.9 Å². The van der Waals surface area contributed by atoms with Crippen LogP contribution in [0, 0.1) is 12.7 Å². The first kappa shape index (κ1) is 9.68. The Kier molecular flexibility index (Phi) is 2.85. The maximum absolute atomic E-state index is 13.3. The van der Waals surface area contributed by atoms with E-state index in [4.69, 9.17) is 5.73 Å². The summed E-state index contributed by atoms with van der Waals surface area (Å²) in [7, 11) is 0. The Hall–Kier alpha value is -0.410. The molecule has 0 spiro atoms. The molecule has 0 bridgehead atoms.